The van der Waals surface area contributed by atoms with E-state index in [1.54, 1.807) is 0 Å². The Balaban J connectivity index is 2.41. The van der Waals surface area contributed by atoms with Crippen LogP contribution < -0.4 is 20.4 Å². The van der Waals surface area contributed by atoms with E-state index < -0.39 is 6.03 Å². The van der Waals surface area contributed by atoms with E-state index in [9.17, 15) is 9.59 Å². The van der Waals surface area contributed by atoms with Crippen LogP contribution in [0.2, 0.25) is 0 Å². The molecule has 3 amide bonds. The number of urea groups is 1. The molecule has 1 unspecified atom stereocenters. The molecule has 6 heteroatoms. The van der Waals surface area contributed by atoms with Gasteiger partial charge in [0.15, 0.2) is 6.54 Å². The number of anilines is 1. The fraction of sp³-hybridized carbons (Fsp3) is 0.529. The van der Waals surface area contributed by atoms with E-state index in [4.69, 9.17) is 0 Å². The number of rotatable bonds is 7. The molecule has 0 aliphatic rings. The zero-order chi connectivity index (χ0) is 17.4. The lowest BCUT2D eigenvalue weighted by Gasteiger charge is -2.16. The summed E-state index contributed by atoms with van der Waals surface area (Å²) in [5, 5.41) is 5.08. The number of nitrogens with one attached hydrogen (secondary N) is 3. The highest BCUT2D eigenvalue weighted by Crippen LogP contribution is 2.11. The maximum absolute atomic E-state index is 11.9. The van der Waals surface area contributed by atoms with Gasteiger partial charge < -0.3 is 15.1 Å². The number of likely N-dealkylation sites (N-methyl/N-ethyl adjacent to an activating group) is 1. The molecule has 0 saturated heterocycles. The molecule has 0 radical (unpaired) electrons. The molecule has 0 aliphatic carbocycles. The third kappa shape index (κ3) is 7.15. The summed E-state index contributed by atoms with van der Waals surface area (Å²) in [5.74, 6) is -0.270. The Bertz CT molecular complexity index is 514. The van der Waals surface area contributed by atoms with Crippen molar-refractivity contribution in [3.63, 3.8) is 0 Å². The quantitative estimate of drug-likeness (QED) is 0.681. The van der Waals surface area contributed by atoms with Gasteiger partial charge in [-0.3, -0.25) is 10.1 Å². The second kappa shape index (κ2) is 9.15. The van der Waals surface area contributed by atoms with E-state index in [1.165, 1.54) is 0 Å². The van der Waals surface area contributed by atoms with Gasteiger partial charge in [-0.15, -0.1) is 0 Å². The second-order valence-electron chi connectivity index (χ2n) is 6.20. The molecule has 0 spiro atoms. The maximum Gasteiger partial charge on any atom is 0.321 e. The summed E-state index contributed by atoms with van der Waals surface area (Å²) in [6, 6.07) is 7.87. The van der Waals surface area contributed by atoms with E-state index in [0.29, 0.717) is 0 Å². The minimum Gasteiger partial charge on any atom is -0.378 e. The summed E-state index contributed by atoms with van der Waals surface area (Å²) in [6.45, 7) is 4.86. The molecule has 0 heterocycles. The van der Waals surface area contributed by atoms with E-state index in [0.717, 1.165) is 29.1 Å². The van der Waals surface area contributed by atoms with Crippen LogP contribution in [0.15, 0.2) is 24.3 Å². The number of hydrogen-bond donors (Lipinski definition) is 3. The van der Waals surface area contributed by atoms with Gasteiger partial charge in [0.25, 0.3) is 5.91 Å². The van der Waals surface area contributed by atoms with Crippen LogP contribution >= 0.6 is 0 Å². The van der Waals surface area contributed by atoms with Crippen LogP contribution in [0.3, 0.4) is 0 Å². The van der Waals surface area contributed by atoms with Gasteiger partial charge in [-0.05, 0) is 25.5 Å². The number of benzene rings is 1. The monoisotopic (exact) mass is 321 g/mol. The summed E-state index contributed by atoms with van der Waals surface area (Å²) in [4.78, 5) is 26.5. The van der Waals surface area contributed by atoms with Crippen LogP contribution in [-0.4, -0.2) is 45.7 Å². The van der Waals surface area contributed by atoms with Gasteiger partial charge in [-0.25, -0.2) is 4.79 Å². The molecule has 0 bridgehead atoms. The van der Waals surface area contributed by atoms with E-state index >= 15 is 0 Å². The van der Waals surface area contributed by atoms with Crippen molar-refractivity contribution in [2.24, 2.45) is 0 Å². The Morgan fingerprint density at radius 2 is 1.83 bits per heavy atom. The summed E-state index contributed by atoms with van der Waals surface area (Å²) in [5.41, 5.74) is 2.30. The largest absolute Gasteiger partial charge is 0.378 e. The summed E-state index contributed by atoms with van der Waals surface area (Å²) in [7, 11) is 5.94. The molecular formula is C17H29N4O2+. The minimum atomic E-state index is -0.424. The van der Waals surface area contributed by atoms with Crippen molar-refractivity contribution in [2.45, 2.75) is 32.9 Å². The standard InChI is InChI=1S/C17H28N4O2/c1-6-13(2)18-17(23)19-16(22)12-21(5)11-14-7-9-15(10-8-14)20(3)4/h7-10,13H,6,11-12H2,1-5H3,(H2,18,19,22,23)/p+1/t13-/m1/s1. The van der Waals surface area contributed by atoms with Crippen LogP contribution in [0.25, 0.3) is 0 Å². The van der Waals surface area contributed by atoms with Crippen molar-refractivity contribution >= 4 is 17.6 Å². The molecule has 2 atom stereocenters. The average molecular weight is 321 g/mol. The van der Waals surface area contributed by atoms with Crippen LogP contribution in [0.4, 0.5) is 10.5 Å². The van der Waals surface area contributed by atoms with E-state index in [1.807, 2.05) is 39.9 Å². The predicted octanol–water partition coefficient (Wildman–Crippen LogP) is 0.392. The van der Waals surface area contributed by atoms with Crippen LogP contribution in [-0.2, 0) is 11.3 Å². The highest BCUT2D eigenvalue weighted by atomic mass is 16.2. The SMILES string of the molecule is CC[C@@H](C)NC(=O)NC(=O)C[NH+](C)Cc1ccc(N(C)C)cc1. The number of hydrogen-bond acceptors (Lipinski definition) is 3. The first kappa shape index (κ1) is 19.0. The molecule has 0 saturated carbocycles. The zero-order valence-electron chi connectivity index (χ0n) is 14.8. The first-order chi connectivity index (χ1) is 10.8. The predicted molar refractivity (Wildman–Crippen MR) is 92.7 cm³/mol. The highest BCUT2D eigenvalue weighted by Gasteiger charge is 2.14. The molecule has 1 aromatic rings. The number of nitrogens with zero attached hydrogens (tertiary/aromatic N) is 1. The van der Waals surface area contributed by atoms with Crippen molar-refractivity contribution in [3.05, 3.63) is 29.8 Å². The molecular weight excluding hydrogens is 292 g/mol. The minimum absolute atomic E-state index is 0.0584. The molecule has 1 aromatic carbocycles. The Hall–Kier alpha value is -2.08. The fourth-order valence-corrected chi connectivity index (χ4v) is 2.13. The second-order valence-corrected chi connectivity index (χ2v) is 6.20. The summed E-state index contributed by atoms with van der Waals surface area (Å²) < 4.78 is 0. The lowest BCUT2D eigenvalue weighted by molar-refractivity contribution is -0.885. The summed E-state index contributed by atoms with van der Waals surface area (Å²) >= 11 is 0. The van der Waals surface area contributed by atoms with Crippen LogP contribution in [0, 0.1) is 0 Å². The van der Waals surface area contributed by atoms with Gasteiger partial charge in [0, 0.05) is 31.4 Å². The number of carbonyl (C=O) groups is 2. The molecule has 3 N–H and O–H groups in total. The number of amides is 3. The van der Waals surface area contributed by atoms with Crippen LogP contribution in [0.5, 0.6) is 0 Å². The topological polar surface area (TPSA) is 65.9 Å². The van der Waals surface area contributed by atoms with Crippen molar-refractivity contribution in [1.29, 1.82) is 0 Å². The van der Waals surface area contributed by atoms with Gasteiger partial charge in [0.2, 0.25) is 0 Å². The molecule has 6 nitrogen and oxygen atoms in total. The number of carbonyl (C=O) groups excluding carboxylic acids is 2. The average Bonchev–Trinajstić information content (AvgIpc) is 2.46. The van der Waals surface area contributed by atoms with Gasteiger partial charge in [-0.1, -0.05) is 19.1 Å². The summed E-state index contributed by atoms with van der Waals surface area (Å²) in [6.07, 6.45) is 0.829. The van der Waals surface area contributed by atoms with Gasteiger partial charge in [0.05, 0.1) is 7.05 Å². The van der Waals surface area contributed by atoms with Gasteiger partial charge >= 0.3 is 6.03 Å². The maximum atomic E-state index is 11.9. The zero-order valence-corrected chi connectivity index (χ0v) is 14.8. The van der Waals surface area contributed by atoms with Gasteiger partial charge in [0.1, 0.15) is 6.54 Å². The smallest absolute Gasteiger partial charge is 0.321 e. The van der Waals surface area contributed by atoms with Gasteiger partial charge in [-0.2, -0.15) is 0 Å². The Morgan fingerprint density at radius 1 is 1.22 bits per heavy atom. The van der Waals surface area contributed by atoms with Crippen molar-refractivity contribution in [1.82, 2.24) is 10.6 Å². The molecule has 23 heavy (non-hydrogen) atoms. The molecule has 128 valence electrons. The first-order valence-corrected chi connectivity index (χ1v) is 7.99. The molecule has 0 aliphatic heterocycles. The molecule has 1 rings (SSSR count). The number of imide groups is 1. The third-order valence-electron chi connectivity index (χ3n) is 3.66. The molecule has 0 aromatic heterocycles. The normalized spacial score (nSPS) is 13.1. The lowest BCUT2D eigenvalue weighted by atomic mass is 10.2. The van der Waals surface area contributed by atoms with E-state index in [2.05, 4.69) is 34.9 Å². The Kier molecular flexibility index (Phi) is 7.54. The third-order valence-corrected chi connectivity index (χ3v) is 3.66. The van der Waals surface area contributed by atoms with E-state index in [-0.39, 0.29) is 18.5 Å². The molecule has 0 fully saturated rings. The fourth-order valence-electron chi connectivity index (χ4n) is 2.13. The van der Waals surface area contributed by atoms with Crippen LogP contribution in [0.1, 0.15) is 25.8 Å². The lowest BCUT2D eigenvalue weighted by Crippen LogP contribution is -3.09. The van der Waals surface area contributed by atoms with Crippen molar-refractivity contribution < 1.29 is 14.5 Å². The Morgan fingerprint density at radius 3 is 2.35 bits per heavy atom. The van der Waals surface area contributed by atoms with Crippen molar-refractivity contribution in [3.8, 4) is 0 Å². The number of quaternary nitrogens is 1. The Labute approximate surface area is 138 Å². The highest BCUT2D eigenvalue weighted by molar-refractivity contribution is 5.94. The first-order valence-electron chi connectivity index (χ1n) is 7.99. The van der Waals surface area contributed by atoms with Crippen molar-refractivity contribution in [2.75, 3.05) is 32.6 Å².